The zero-order chi connectivity index (χ0) is 15.8. The summed E-state index contributed by atoms with van der Waals surface area (Å²) in [6.07, 6.45) is 0.965. The fourth-order valence-electron chi connectivity index (χ4n) is 1.81. The lowest BCUT2D eigenvalue weighted by Crippen LogP contribution is -2.28. The quantitative estimate of drug-likeness (QED) is 0.849. The van der Waals surface area contributed by atoms with Crippen molar-refractivity contribution in [2.45, 2.75) is 19.9 Å². The van der Waals surface area contributed by atoms with Crippen molar-refractivity contribution in [2.24, 2.45) is 0 Å². The summed E-state index contributed by atoms with van der Waals surface area (Å²) in [5.74, 6) is 0.484. The van der Waals surface area contributed by atoms with Crippen molar-refractivity contribution in [3.8, 4) is 5.75 Å². The van der Waals surface area contributed by atoms with Crippen LogP contribution in [0.15, 0.2) is 48.5 Å². The van der Waals surface area contributed by atoms with E-state index in [9.17, 15) is 9.18 Å². The molecule has 0 spiro atoms. The molecular weight excluding hydrogens is 283 g/mol. The Hall–Kier alpha value is -2.56. The molecule has 0 fully saturated rings. The highest BCUT2D eigenvalue weighted by molar-refractivity contribution is 5.89. The van der Waals surface area contributed by atoms with Crippen LogP contribution in [0.5, 0.6) is 5.75 Å². The Labute approximate surface area is 129 Å². The summed E-state index contributed by atoms with van der Waals surface area (Å²) in [5.41, 5.74) is 1.51. The van der Waals surface area contributed by atoms with E-state index in [-0.39, 0.29) is 11.8 Å². The van der Waals surface area contributed by atoms with Gasteiger partial charge in [0.15, 0.2) is 0 Å². The van der Waals surface area contributed by atoms with Gasteiger partial charge in [-0.15, -0.1) is 0 Å². The van der Waals surface area contributed by atoms with Gasteiger partial charge in [-0.25, -0.2) is 9.18 Å². The molecule has 2 aromatic rings. The molecule has 0 saturated carbocycles. The number of rotatable bonds is 6. The van der Waals surface area contributed by atoms with Crippen LogP contribution in [0.4, 0.5) is 14.9 Å². The predicted octanol–water partition coefficient (Wildman–Crippen LogP) is 3.94. The molecule has 0 aliphatic carbocycles. The number of amides is 2. The smallest absolute Gasteiger partial charge is 0.319 e. The zero-order valence-corrected chi connectivity index (χ0v) is 12.4. The fourth-order valence-corrected chi connectivity index (χ4v) is 1.81. The normalized spacial score (nSPS) is 10.1. The summed E-state index contributed by atoms with van der Waals surface area (Å²) in [5, 5.41) is 5.38. The van der Waals surface area contributed by atoms with Crippen LogP contribution in [0.1, 0.15) is 18.9 Å². The third-order valence-corrected chi connectivity index (χ3v) is 2.95. The lowest BCUT2D eigenvalue weighted by Gasteiger charge is -2.09. The van der Waals surface area contributed by atoms with Gasteiger partial charge in [-0.1, -0.05) is 19.1 Å². The second kappa shape index (κ2) is 8.02. The number of carbonyl (C=O) groups is 1. The molecule has 116 valence electrons. The molecule has 0 unspecified atom stereocenters. The Balaban J connectivity index is 1.79. The average Bonchev–Trinajstić information content (AvgIpc) is 2.54. The van der Waals surface area contributed by atoms with Crippen LogP contribution in [0.25, 0.3) is 0 Å². The number of nitrogens with one attached hydrogen (secondary N) is 2. The number of ether oxygens (including phenoxy) is 1. The lowest BCUT2D eigenvalue weighted by molar-refractivity contribution is 0.251. The number of benzene rings is 2. The minimum atomic E-state index is -0.337. The molecule has 4 nitrogen and oxygen atoms in total. The van der Waals surface area contributed by atoms with Crippen molar-refractivity contribution in [3.05, 3.63) is 59.9 Å². The third-order valence-electron chi connectivity index (χ3n) is 2.95. The van der Waals surface area contributed by atoms with Crippen molar-refractivity contribution >= 4 is 11.7 Å². The highest BCUT2D eigenvalue weighted by Crippen LogP contribution is 2.12. The molecule has 0 aliphatic rings. The van der Waals surface area contributed by atoms with Crippen LogP contribution >= 0.6 is 0 Å². The van der Waals surface area contributed by atoms with E-state index >= 15 is 0 Å². The fraction of sp³-hybridized carbons (Fsp3) is 0.235. The molecule has 0 saturated heterocycles. The maximum Gasteiger partial charge on any atom is 0.319 e. The highest BCUT2D eigenvalue weighted by atomic mass is 19.1. The molecule has 0 aromatic heterocycles. The molecule has 0 bridgehead atoms. The van der Waals surface area contributed by atoms with Gasteiger partial charge in [0.1, 0.15) is 11.6 Å². The molecule has 0 radical (unpaired) electrons. The van der Waals surface area contributed by atoms with E-state index in [1.54, 1.807) is 0 Å². The van der Waals surface area contributed by atoms with Crippen molar-refractivity contribution in [2.75, 3.05) is 11.9 Å². The van der Waals surface area contributed by atoms with Gasteiger partial charge >= 0.3 is 6.03 Å². The number of halogens is 1. The Morgan fingerprint density at radius 2 is 1.77 bits per heavy atom. The molecule has 2 N–H and O–H groups in total. The molecule has 0 atom stereocenters. The largest absolute Gasteiger partial charge is 0.494 e. The average molecular weight is 302 g/mol. The van der Waals surface area contributed by atoms with E-state index in [0.717, 1.165) is 17.7 Å². The molecule has 0 aliphatic heterocycles. The number of carbonyl (C=O) groups excluding carboxylic acids is 1. The summed E-state index contributed by atoms with van der Waals surface area (Å²) in [4.78, 5) is 11.7. The summed E-state index contributed by atoms with van der Waals surface area (Å²) >= 11 is 0. The topological polar surface area (TPSA) is 50.4 Å². The lowest BCUT2D eigenvalue weighted by atomic mass is 10.2. The Bertz CT molecular complexity index is 597. The maximum absolute atomic E-state index is 12.8. The number of hydrogen-bond donors (Lipinski definition) is 2. The van der Waals surface area contributed by atoms with E-state index in [1.807, 2.05) is 24.3 Å². The SMILES string of the molecule is CCCOc1ccc(CNC(=O)Nc2ccc(F)cc2)cc1. The zero-order valence-electron chi connectivity index (χ0n) is 12.4. The van der Waals surface area contributed by atoms with Gasteiger partial charge < -0.3 is 15.4 Å². The van der Waals surface area contributed by atoms with Crippen molar-refractivity contribution in [1.82, 2.24) is 5.32 Å². The molecule has 2 amide bonds. The van der Waals surface area contributed by atoms with Crippen LogP contribution < -0.4 is 15.4 Å². The first-order valence-corrected chi connectivity index (χ1v) is 7.19. The van der Waals surface area contributed by atoms with Crippen LogP contribution in [0, 0.1) is 5.82 Å². The van der Waals surface area contributed by atoms with Crippen LogP contribution in [-0.4, -0.2) is 12.6 Å². The van der Waals surface area contributed by atoms with Gasteiger partial charge in [-0.05, 0) is 48.4 Å². The Kier molecular flexibility index (Phi) is 5.77. The first kappa shape index (κ1) is 15.8. The van der Waals surface area contributed by atoms with Crippen molar-refractivity contribution in [1.29, 1.82) is 0 Å². The molecule has 22 heavy (non-hydrogen) atoms. The maximum atomic E-state index is 12.8. The predicted molar refractivity (Wildman–Crippen MR) is 84.5 cm³/mol. The van der Waals surface area contributed by atoms with Crippen molar-refractivity contribution in [3.63, 3.8) is 0 Å². The molecule has 2 aromatic carbocycles. The molecule has 0 heterocycles. The second-order valence-electron chi connectivity index (χ2n) is 4.81. The Morgan fingerprint density at radius 1 is 1.09 bits per heavy atom. The van der Waals surface area contributed by atoms with Gasteiger partial charge in [-0.2, -0.15) is 0 Å². The van der Waals surface area contributed by atoms with Gasteiger partial charge in [0.05, 0.1) is 6.61 Å². The first-order valence-electron chi connectivity index (χ1n) is 7.19. The van der Waals surface area contributed by atoms with E-state index in [1.165, 1.54) is 24.3 Å². The van der Waals surface area contributed by atoms with Gasteiger partial charge in [0, 0.05) is 12.2 Å². The van der Waals surface area contributed by atoms with Gasteiger partial charge in [-0.3, -0.25) is 0 Å². The minimum absolute atomic E-state index is 0.335. The van der Waals surface area contributed by atoms with E-state index in [4.69, 9.17) is 4.74 Å². The van der Waals surface area contributed by atoms with Crippen LogP contribution in [0.2, 0.25) is 0 Å². The summed E-state index contributed by atoms with van der Waals surface area (Å²) < 4.78 is 18.3. The van der Waals surface area contributed by atoms with Crippen LogP contribution in [0.3, 0.4) is 0 Å². The summed E-state index contributed by atoms with van der Waals surface area (Å²) in [6, 6.07) is 12.8. The van der Waals surface area contributed by atoms with Crippen LogP contribution in [-0.2, 0) is 6.54 Å². The van der Waals surface area contributed by atoms with Gasteiger partial charge in [0.25, 0.3) is 0 Å². The first-order chi connectivity index (χ1) is 10.7. The van der Waals surface area contributed by atoms with E-state index < -0.39 is 0 Å². The summed E-state index contributed by atoms with van der Waals surface area (Å²) in [6.45, 7) is 3.15. The van der Waals surface area contributed by atoms with E-state index in [0.29, 0.717) is 18.8 Å². The monoisotopic (exact) mass is 302 g/mol. The number of hydrogen-bond acceptors (Lipinski definition) is 2. The second-order valence-corrected chi connectivity index (χ2v) is 4.81. The van der Waals surface area contributed by atoms with E-state index in [2.05, 4.69) is 17.6 Å². The number of urea groups is 1. The molecule has 2 rings (SSSR count). The van der Waals surface area contributed by atoms with Crippen molar-refractivity contribution < 1.29 is 13.9 Å². The number of anilines is 1. The highest BCUT2D eigenvalue weighted by Gasteiger charge is 2.02. The minimum Gasteiger partial charge on any atom is -0.494 e. The summed E-state index contributed by atoms with van der Waals surface area (Å²) in [7, 11) is 0. The molecular formula is C17H19FN2O2. The molecule has 5 heteroatoms. The Morgan fingerprint density at radius 3 is 2.41 bits per heavy atom. The third kappa shape index (κ3) is 5.09. The van der Waals surface area contributed by atoms with Gasteiger partial charge in [0.2, 0.25) is 0 Å². The standard InChI is InChI=1S/C17H19FN2O2/c1-2-11-22-16-9-3-13(4-10-16)12-19-17(21)20-15-7-5-14(18)6-8-15/h3-10H,2,11-12H2,1H3,(H2,19,20,21).